The van der Waals surface area contributed by atoms with Gasteiger partial charge in [-0.05, 0) is 42.7 Å². The molecule has 164 valence electrons. The highest BCUT2D eigenvalue weighted by Gasteiger charge is 2.49. The summed E-state index contributed by atoms with van der Waals surface area (Å²) in [5.74, 6) is 0.710. The zero-order chi connectivity index (χ0) is 22.1. The third-order valence-electron chi connectivity index (χ3n) is 6.16. The fourth-order valence-corrected chi connectivity index (χ4v) is 4.21. The maximum atomic E-state index is 12.8. The topological polar surface area (TPSA) is 76.9 Å². The Morgan fingerprint density at radius 1 is 1.23 bits per heavy atom. The molecule has 1 saturated heterocycles. The summed E-state index contributed by atoms with van der Waals surface area (Å²) in [6, 6.07) is 9.43. The number of hydrogen-bond acceptors (Lipinski definition) is 5. The van der Waals surface area contributed by atoms with Gasteiger partial charge >= 0.3 is 0 Å². The number of ether oxygens (including phenoxy) is 2. The van der Waals surface area contributed by atoms with E-state index < -0.39 is 6.10 Å². The second-order valence-corrected chi connectivity index (χ2v) is 7.99. The van der Waals surface area contributed by atoms with Crippen molar-refractivity contribution in [2.45, 2.75) is 32.0 Å². The van der Waals surface area contributed by atoms with E-state index in [2.05, 4.69) is 11.2 Å². The van der Waals surface area contributed by atoms with E-state index in [1.54, 1.807) is 23.8 Å². The zero-order valence-electron chi connectivity index (χ0n) is 18.4. The zero-order valence-corrected chi connectivity index (χ0v) is 18.4. The molecule has 0 N–H and O–H groups in total. The van der Waals surface area contributed by atoms with Crippen molar-refractivity contribution in [1.82, 2.24) is 19.6 Å². The van der Waals surface area contributed by atoms with Gasteiger partial charge in [0, 0.05) is 39.5 Å². The molecule has 2 atom stereocenters. The highest BCUT2D eigenvalue weighted by molar-refractivity contribution is 5.93. The molecular weight excluding hydrogens is 396 g/mol. The van der Waals surface area contributed by atoms with Crippen LogP contribution >= 0.6 is 0 Å². The summed E-state index contributed by atoms with van der Waals surface area (Å²) in [6.45, 7) is 3.54. The molecule has 1 aromatic carbocycles. The van der Waals surface area contributed by atoms with Gasteiger partial charge in [-0.2, -0.15) is 5.10 Å². The number of β-lactam (4-membered cyclic amide) rings is 1. The molecule has 0 radical (unpaired) electrons. The van der Waals surface area contributed by atoms with Crippen LogP contribution in [0.2, 0.25) is 0 Å². The Morgan fingerprint density at radius 2 is 1.97 bits per heavy atom. The molecule has 2 aromatic rings. The molecule has 0 saturated carbocycles. The van der Waals surface area contributed by atoms with Gasteiger partial charge in [-0.25, -0.2) is 0 Å². The number of hydrogen-bond donors (Lipinski definition) is 0. The molecule has 0 aliphatic carbocycles. The molecule has 1 aromatic heterocycles. The lowest BCUT2D eigenvalue weighted by molar-refractivity contribution is -0.168. The third kappa shape index (κ3) is 3.95. The summed E-state index contributed by atoms with van der Waals surface area (Å²) in [7, 11) is 5.03. The van der Waals surface area contributed by atoms with E-state index in [0.29, 0.717) is 31.7 Å². The first-order valence-electron chi connectivity index (χ1n) is 10.4. The Bertz CT molecular complexity index is 992. The van der Waals surface area contributed by atoms with Gasteiger partial charge in [0.15, 0.2) is 11.8 Å². The summed E-state index contributed by atoms with van der Waals surface area (Å²) in [5.41, 5.74) is 3.59. The highest BCUT2D eigenvalue weighted by atomic mass is 16.5. The fraction of sp³-hybridized carbons (Fsp3) is 0.435. The highest BCUT2D eigenvalue weighted by Crippen LogP contribution is 2.33. The van der Waals surface area contributed by atoms with E-state index >= 15 is 0 Å². The van der Waals surface area contributed by atoms with Gasteiger partial charge in [0.25, 0.3) is 11.8 Å². The molecule has 0 bridgehead atoms. The monoisotopic (exact) mass is 424 g/mol. The minimum absolute atomic E-state index is 0.00770. The first kappa shape index (κ1) is 21.1. The van der Waals surface area contributed by atoms with Crippen LogP contribution in [0.25, 0.3) is 0 Å². The van der Waals surface area contributed by atoms with Gasteiger partial charge in [-0.3, -0.25) is 14.3 Å². The smallest absolute Gasteiger partial charge is 0.274 e. The van der Waals surface area contributed by atoms with Gasteiger partial charge in [0.05, 0.1) is 13.2 Å². The summed E-state index contributed by atoms with van der Waals surface area (Å²) in [5, 5.41) is 4.30. The number of benzene rings is 1. The molecule has 8 nitrogen and oxygen atoms in total. The first-order valence-corrected chi connectivity index (χ1v) is 10.4. The van der Waals surface area contributed by atoms with E-state index in [0.717, 1.165) is 22.6 Å². The van der Waals surface area contributed by atoms with E-state index in [4.69, 9.17) is 9.47 Å². The number of carbonyl (C=O) groups is 2. The van der Waals surface area contributed by atoms with Gasteiger partial charge < -0.3 is 19.3 Å². The van der Waals surface area contributed by atoms with Gasteiger partial charge in [-0.15, -0.1) is 0 Å². The molecular formula is C23H28N4O4. The SMILES string of the molecule is COc1ccc(CN2C(=O)[C@H](OC)[C@@H]2C2=CCN(C(=O)c3cc(C)n(C)n3)CC2)cc1. The Balaban J connectivity index is 1.46. The molecule has 0 unspecified atom stereocenters. The number of carbonyl (C=O) groups excluding carboxylic acids is 2. The fourth-order valence-electron chi connectivity index (χ4n) is 4.21. The van der Waals surface area contributed by atoms with E-state index in [-0.39, 0.29) is 17.9 Å². The summed E-state index contributed by atoms with van der Waals surface area (Å²) < 4.78 is 12.4. The second kappa shape index (κ2) is 8.55. The number of nitrogens with zero attached hydrogens (tertiary/aromatic N) is 4. The lowest BCUT2D eigenvalue weighted by Crippen LogP contribution is -2.66. The minimum atomic E-state index is -0.467. The Morgan fingerprint density at radius 3 is 2.52 bits per heavy atom. The minimum Gasteiger partial charge on any atom is -0.497 e. The molecule has 2 amide bonds. The molecule has 31 heavy (non-hydrogen) atoms. The number of rotatable bonds is 6. The number of likely N-dealkylation sites (tertiary alicyclic amines) is 1. The number of aryl methyl sites for hydroxylation is 2. The maximum Gasteiger partial charge on any atom is 0.274 e. The molecule has 0 spiro atoms. The second-order valence-electron chi connectivity index (χ2n) is 7.99. The van der Waals surface area contributed by atoms with Crippen LogP contribution in [0.15, 0.2) is 42.0 Å². The quantitative estimate of drug-likeness (QED) is 0.523. The predicted octanol–water partition coefficient (Wildman–Crippen LogP) is 1.94. The molecule has 1 fully saturated rings. The average Bonchev–Trinajstić information content (AvgIpc) is 3.13. The lowest BCUT2D eigenvalue weighted by Gasteiger charge is -2.48. The third-order valence-corrected chi connectivity index (χ3v) is 6.16. The van der Waals surface area contributed by atoms with E-state index in [9.17, 15) is 9.59 Å². The molecule has 2 aliphatic rings. The molecule has 3 heterocycles. The Labute approximate surface area is 182 Å². The standard InChI is InChI=1S/C23H28N4O4/c1-15-13-19(24-25(15)2)22(28)26-11-9-17(10-12-26)20-21(31-4)23(29)27(20)14-16-5-7-18(30-3)8-6-16/h5-9,13,20-21H,10-12,14H2,1-4H3/t20-,21+/m0/s1. The van der Waals surface area contributed by atoms with Gasteiger partial charge in [0.1, 0.15) is 5.75 Å². The summed E-state index contributed by atoms with van der Waals surface area (Å²) in [6.07, 6.45) is 2.29. The maximum absolute atomic E-state index is 12.8. The Kier molecular flexibility index (Phi) is 5.82. The van der Waals surface area contributed by atoms with Crippen molar-refractivity contribution in [3.63, 3.8) is 0 Å². The van der Waals surface area contributed by atoms with Crippen LogP contribution in [0.4, 0.5) is 0 Å². The van der Waals surface area contributed by atoms with Crippen molar-refractivity contribution < 1.29 is 19.1 Å². The van der Waals surface area contributed by atoms with Crippen molar-refractivity contribution in [2.75, 3.05) is 27.3 Å². The van der Waals surface area contributed by atoms with E-state index in [1.165, 1.54) is 0 Å². The van der Waals surface area contributed by atoms with Crippen LogP contribution in [-0.4, -0.2) is 70.8 Å². The van der Waals surface area contributed by atoms with E-state index in [1.807, 2.05) is 49.2 Å². The van der Waals surface area contributed by atoms with Crippen molar-refractivity contribution in [2.24, 2.45) is 7.05 Å². The summed E-state index contributed by atoms with van der Waals surface area (Å²) in [4.78, 5) is 29.1. The van der Waals surface area contributed by atoms with Crippen molar-refractivity contribution in [3.05, 3.63) is 58.9 Å². The largest absolute Gasteiger partial charge is 0.497 e. The molecule has 4 rings (SSSR count). The van der Waals surface area contributed by atoms with Crippen molar-refractivity contribution in [1.29, 1.82) is 0 Å². The van der Waals surface area contributed by atoms with Crippen LogP contribution in [0.3, 0.4) is 0 Å². The van der Waals surface area contributed by atoms with Gasteiger partial charge in [-0.1, -0.05) is 18.2 Å². The number of methoxy groups -OCH3 is 2. The Hall–Kier alpha value is -3.13. The predicted molar refractivity (Wildman–Crippen MR) is 115 cm³/mol. The first-order chi connectivity index (χ1) is 14.9. The average molecular weight is 425 g/mol. The van der Waals surface area contributed by atoms with Crippen molar-refractivity contribution >= 4 is 11.8 Å². The van der Waals surface area contributed by atoms with Crippen LogP contribution in [0, 0.1) is 6.92 Å². The number of aromatic nitrogens is 2. The number of amides is 2. The summed E-state index contributed by atoms with van der Waals surface area (Å²) >= 11 is 0. The molecule has 2 aliphatic heterocycles. The lowest BCUT2D eigenvalue weighted by atomic mass is 9.86. The van der Waals surface area contributed by atoms with Crippen molar-refractivity contribution in [3.8, 4) is 5.75 Å². The van der Waals surface area contributed by atoms with Crippen LogP contribution in [-0.2, 0) is 23.1 Å². The van der Waals surface area contributed by atoms with Crippen LogP contribution in [0.5, 0.6) is 5.75 Å². The van der Waals surface area contributed by atoms with Gasteiger partial charge in [0.2, 0.25) is 0 Å². The van der Waals surface area contributed by atoms with Crippen LogP contribution in [0.1, 0.15) is 28.2 Å². The molecule has 8 heteroatoms. The van der Waals surface area contributed by atoms with Crippen LogP contribution < -0.4 is 4.74 Å². The normalized spacial score (nSPS) is 21.0.